The van der Waals surface area contributed by atoms with Crippen LogP contribution >= 0.6 is 0 Å². The molecule has 188 valence electrons. The predicted molar refractivity (Wildman–Crippen MR) is 128 cm³/mol. The number of nitrogens with one attached hydrogen (secondary N) is 1. The molecule has 0 aromatic heterocycles. The number of hydrogen-bond donors (Lipinski definition) is 2. The first-order valence-corrected chi connectivity index (χ1v) is 11.7. The summed E-state index contributed by atoms with van der Waals surface area (Å²) in [6.45, 7) is 2.81. The third-order valence-electron chi connectivity index (χ3n) is 7.20. The third kappa shape index (κ3) is 4.69. The minimum Gasteiger partial charge on any atom is -0.503 e. The van der Waals surface area contributed by atoms with Gasteiger partial charge < -0.3 is 20.2 Å². The van der Waals surface area contributed by atoms with Crippen LogP contribution in [-0.2, 0) is 11.2 Å². The van der Waals surface area contributed by atoms with Gasteiger partial charge in [-0.3, -0.25) is 4.79 Å². The molecule has 2 aliphatic heterocycles. The highest BCUT2D eigenvalue weighted by molar-refractivity contribution is 5.79. The molecule has 2 N–H and O–H groups in total. The van der Waals surface area contributed by atoms with Gasteiger partial charge in [0.15, 0.2) is 17.4 Å². The van der Waals surface area contributed by atoms with Crippen LogP contribution in [0.15, 0.2) is 60.7 Å². The molecule has 3 aromatic rings. The number of aromatic hydroxyl groups is 1. The van der Waals surface area contributed by atoms with Gasteiger partial charge in [0.25, 0.3) is 0 Å². The highest BCUT2D eigenvalue weighted by atomic mass is 19.1. The molecular formula is C27H25F4N3O2. The topological polar surface area (TPSA) is 55.8 Å². The highest BCUT2D eigenvalue weighted by Crippen LogP contribution is 2.46. The summed E-state index contributed by atoms with van der Waals surface area (Å²) in [5, 5.41) is 12.7. The van der Waals surface area contributed by atoms with Crippen molar-refractivity contribution in [1.29, 1.82) is 0 Å². The maximum absolute atomic E-state index is 13.8. The standard InChI is InChI=1S/C27H25F4N3O2/c28-19-1-5-21(6-2-19)32-12-18-13-33(25(35)11-17-9-23(30)26(36)24(31)10-17)14-27(18)15-34(16-27)22-7-3-20(29)4-8-22/h1-10,18,32,36H,11-16H2. The number of hydrogen-bond acceptors (Lipinski definition) is 4. The Morgan fingerprint density at radius 1 is 0.917 bits per heavy atom. The number of rotatable bonds is 6. The molecule has 36 heavy (non-hydrogen) atoms. The first-order valence-electron chi connectivity index (χ1n) is 11.7. The molecule has 2 aliphatic rings. The Labute approximate surface area is 206 Å². The van der Waals surface area contributed by atoms with Gasteiger partial charge in [-0.25, -0.2) is 17.6 Å². The van der Waals surface area contributed by atoms with Crippen LogP contribution in [0.3, 0.4) is 0 Å². The summed E-state index contributed by atoms with van der Waals surface area (Å²) in [6.07, 6.45) is -0.190. The molecule has 0 saturated carbocycles. The second-order valence-electron chi connectivity index (χ2n) is 9.64. The molecular weight excluding hydrogens is 474 g/mol. The minimum atomic E-state index is -1.11. The Hall–Kier alpha value is -3.75. The van der Waals surface area contributed by atoms with E-state index in [0.29, 0.717) is 32.7 Å². The number of benzene rings is 3. The maximum Gasteiger partial charge on any atom is 0.227 e. The maximum atomic E-state index is 13.8. The zero-order valence-corrected chi connectivity index (χ0v) is 19.4. The summed E-state index contributed by atoms with van der Waals surface area (Å²) in [7, 11) is 0. The van der Waals surface area contributed by atoms with Crippen molar-refractivity contribution in [3.63, 3.8) is 0 Å². The summed E-state index contributed by atoms with van der Waals surface area (Å²) < 4.78 is 54.1. The largest absolute Gasteiger partial charge is 0.503 e. The number of likely N-dealkylation sites (tertiary alicyclic amines) is 1. The molecule has 0 aliphatic carbocycles. The molecule has 1 atom stereocenters. The van der Waals surface area contributed by atoms with Crippen LogP contribution in [0.5, 0.6) is 5.75 Å². The lowest BCUT2D eigenvalue weighted by atomic mass is 9.71. The molecule has 0 radical (unpaired) electrons. The third-order valence-corrected chi connectivity index (χ3v) is 7.20. The first-order chi connectivity index (χ1) is 17.2. The average molecular weight is 500 g/mol. The summed E-state index contributed by atoms with van der Waals surface area (Å²) >= 11 is 0. The van der Waals surface area contributed by atoms with Gasteiger partial charge in [0.1, 0.15) is 11.6 Å². The van der Waals surface area contributed by atoms with E-state index in [4.69, 9.17) is 0 Å². The van der Waals surface area contributed by atoms with E-state index < -0.39 is 17.4 Å². The van der Waals surface area contributed by atoms with Crippen molar-refractivity contribution in [2.45, 2.75) is 6.42 Å². The molecule has 1 amide bonds. The number of halogens is 4. The monoisotopic (exact) mass is 499 g/mol. The van der Waals surface area contributed by atoms with Gasteiger partial charge in [-0.15, -0.1) is 0 Å². The van der Waals surface area contributed by atoms with E-state index in [1.807, 2.05) is 0 Å². The van der Waals surface area contributed by atoms with Crippen molar-refractivity contribution >= 4 is 17.3 Å². The van der Waals surface area contributed by atoms with Gasteiger partial charge in [-0.05, 0) is 66.2 Å². The van der Waals surface area contributed by atoms with Crippen molar-refractivity contribution < 1.29 is 27.5 Å². The lowest BCUT2D eigenvalue weighted by molar-refractivity contribution is -0.130. The quantitative estimate of drug-likeness (QED) is 0.488. The predicted octanol–water partition coefficient (Wildman–Crippen LogP) is 4.57. The first kappa shape index (κ1) is 24.0. The minimum absolute atomic E-state index is 0.0662. The van der Waals surface area contributed by atoms with Gasteiger partial charge in [0.2, 0.25) is 5.91 Å². The molecule has 3 aromatic carbocycles. The zero-order chi connectivity index (χ0) is 25.4. The Morgan fingerprint density at radius 3 is 2.11 bits per heavy atom. The Kier molecular flexibility index (Phi) is 6.24. The van der Waals surface area contributed by atoms with Crippen molar-refractivity contribution in [2.75, 3.05) is 42.9 Å². The molecule has 5 rings (SSSR count). The molecule has 1 spiro atoms. The number of nitrogens with zero attached hydrogens (tertiary/aromatic N) is 2. The summed E-state index contributed by atoms with van der Waals surface area (Å²) in [4.78, 5) is 16.9. The lowest BCUT2D eigenvalue weighted by Gasteiger charge is -2.52. The Morgan fingerprint density at radius 2 is 1.50 bits per heavy atom. The van der Waals surface area contributed by atoms with Crippen LogP contribution in [0.1, 0.15) is 5.56 Å². The fraction of sp³-hybridized carbons (Fsp3) is 0.296. The van der Waals surface area contributed by atoms with Crippen molar-refractivity contribution in [3.05, 3.63) is 89.5 Å². The Bertz CT molecular complexity index is 1240. The number of phenolic OH excluding ortho intramolecular Hbond substituents is 1. The zero-order valence-electron chi connectivity index (χ0n) is 19.4. The van der Waals surface area contributed by atoms with E-state index in [0.717, 1.165) is 23.5 Å². The van der Waals surface area contributed by atoms with E-state index in [-0.39, 0.29) is 40.9 Å². The van der Waals surface area contributed by atoms with Crippen LogP contribution in [-0.4, -0.2) is 48.6 Å². The molecule has 0 bridgehead atoms. The van der Waals surface area contributed by atoms with E-state index in [1.165, 1.54) is 24.3 Å². The van der Waals surface area contributed by atoms with Gasteiger partial charge in [-0.1, -0.05) is 0 Å². The number of phenols is 1. The summed E-state index contributed by atoms with van der Waals surface area (Å²) in [5.74, 6) is -4.11. The van der Waals surface area contributed by atoms with E-state index in [1.54, 1.807) is 29.2 Å². The van der Waals surface area contributed by atoms with Crippen molar-refractivity contribution in [2.24, 2.45) is 11.3 Å². The van der Waals surface area contributed by atoms with Crippen LogP contribution in [0, 0.1) is 34.6 Å². The van der Waals surface area contributed by atoms with Crippen molar-refractivity contribution in [1.82, 2.24) is 4.90 Å². The van der Waals surface area contributed by atoms with Gasteiger partial charge in [-0.2, -0.15) is 0 Å². The number of anilines is 2. The normalized spacial score (nSPS) is 18.4. The van der Waals surface area contributed by atoms with Gasteiger partial charge in [0, 0.05) is 55.4 Å². The lowest BCUT2D eigenvalue weighted by Crippen LogP contribution is -2.61. The van der Waals surface area contributed by atoms with E-state index >= 15 is 0 Å². The van der Waals surface area contributed by atoms with Crippen LogP contribution in [0.2, 0.25) is 0 Å². The Balaban J connectivity index is 1.31. The van der Waals surface area contributed by atoms with Gasteiger partial charge in [0.05, 0.1) is 6.42 Å². The second kappa shape index (κ2) is 9.37. The molecule has 2 heterocycles. The average Bonchev–Trinajstić information content (AvgIpc) is 3.22. The number of carbonyl (C=O) groups excluding carboxylic acids is 1. The number of carbonyl (C=O) groups is 1. The molecule has 2 fully saturated rings. The van der Waals surface area contributed by atoms with E-state index in [2.05, 4.69) is 10.2 Å². The fourth-order valence-corrected chi connectivity index (χ4v) is 5.23. The van der Waals surface area contributed by atoms with Crippen LogP contribution in [0.4, 0.5) is 28.9 Å². The van der Waals surface area contributed by atoms with E-state index in [9.17, 15) is 27.5 Å². The highest BCUT2D eigenvalue weighted by Gasteiger charge is 2.54. The van der Waals surface area contributed by atoms with Gasteiger partial charge >= 0.3 is 0 Å². The second-order valence-corrected chi connectivity index (χ2v) is 9.64. The molecule has 9 heteroatoms. The SMILES string of the molecule is O=C(Cc1cc(F)c(O)c(F)c1)N1CC(CNc2ccc(F)cc2)C2(C1)CN(c1ccc(F)cc1)C2. The summed E-state index contributed by atoms with van der Waals surface area (Å²) in [6, 6.07) is 14.3. The molecule has 5 nitrogen and oxygen atoms in total. The molecule has 2 saturated heterocycles. The summed E-state index contributed by atoms with van der Waals surface area (Å²) in [5.41, 5.74) is 1.59. The van der Waals surface area contributed by atoms with Crippen LogP contribution in [0.25, 0.3) is 0 Å². The van der Waals surface area contributed by atoms with Crippen molar-refractivity contribution in [3.8, 4) is 5.75 Å². The fourth-order valence-electron chi connectivity index (χ4n) is 5.23. The van der Waals surface area contributed by atoms with Crippen LogP contribution < -0.4 is 10.2 Å². The smallest absolute Gasteiger partial charge is 0.227 e. The number of amides is 1. The molecule has 1 unspecified atom stereocenters.